The molecule has 0 atom stereocenters. The maximum absolute atomic E-state index is 12.1. The highest BCUT2D eigenvalue weighted by atomic mass is 16.5. The molecule has 2 amide bonds. The van der Waals surface area contributed by atoms with E-state index < -0.39 is 12.0 Å². The minimum Gasteiger partial charge on any atom is -0.493 e. The number of hydrogen-bond donors (Lipinski definition) is 3. The third kappa shape index (κ3) is 6.57. The summed E-state index contributed by atoms with van der Waals surface area (Å²) in [5.74, 6) is -0.0122. The van der Waals surface area contributed by atoms with Gasteiger partial charge in [0.15, 0.2) is 11.5 Å². The number of nitrogens with zero attached hydrogens (tertiary/aromatic N) is 1. The summed E-state index contributed by atoms with van der Waals surface area (Å²) in [5.41, 5.74) is 5.84. The van der Waals surface area contributed by atoms with E-state index in [0.717, 1.165) is 23.2 Å². The highest BCUT2D eigenvalue weighted by molar-refractivity contribution is 5.91. The van der Waals surface area contributed by atoms with Crippen molar-refractivity contribution < 1.29 is 24.2 Å². The molecule has 3 rings (SSSR count). The molecule has 0 aliphatic heterocycles. The van der Waals surface area contributed by atoms with Crippen molar-refractivity contribution in [3.8, 4) is 11.5 Å². The van der Waals surface area contributed by atoms with Crippen LogP contribution in [0.5, 0.6) is 11.5 Å². The molecule has 0 spiro atoms. The van der Waals surface area contributed by atoms with Crippen molar-refractivity contribution in [1.29, 1.82) is 0 Å². The van der Waals surface area contributed by atoms with Crippen molar-refractivity contribution in [2.24, 2.45) is 5.10 Å². The number of carboxylic acid groups (broad SMARTS) is 1. The molecule has 0 unspecified atom stereocenters. The molecule has 0 aliphatic rings. The quantitative estimate of drug-likeness (QED) is 0.326. The van der Waals surface area contributed by atoms with Crippen LogP contribution in [0.1, 0.15) is 34.0 Å². The Labute approximate surface area is 191 Å². The van der Waals surface area contributed by atoms with E-state index in [2.05, 4.69) is 15.8 Å². The molecule has 170 valence electrons. The fraction of sp³-hybridized carbons (Fsp3) is 0.160. The van der Waals surface area contributed by atoms with Crippen molar-refractivity contribution >= 4 is 23.9 Å². The number of aromatic carboxylic acids is 1. The number of anilines is 1. The van der Waals surface area contributed by atoms with Gasteiger partial charge in [-0.2, -0.15) is 5.10 Å². The zero-order chi connectivity index (χ0) is 23.6. The lowest BCUT2D eigenvalue weighted by Gasteiger charge is -2.12. The summed E-state index contributed by atoms with van der Waals surface area (Å²) in [6.45, 7) is 2.20. The molecule has 0 aliphatic carbocycles. The van der Waals surface area contributed by atoms with Crippen LogP contribution in [0.25, 0.3) is 0 Å². The molecule has 33 heavy (non-hydrogen) atoms. The molecule has 0 fully saturated rings. The van der Waals surface area contributed by atoms with Crippen molar-refractivity contribution in [1.82, 2.24) is 5.43 Å². The number of hydrogen-bond acceptors (Lipinski definition) is 5. The van der Waals surface area contributed by atoms with Crippen molar-refractivity contribution in [2.45, 2.75) is 20.0 Å². The minimum atomic E-state index is -0.991. The van der Waals surface area contributed by atoms with Crippen molar-refractivity contribution in [3.63, 3.8) is 0 Å². The molecule has 0 aromatic heterocycles. The summed E-state index contributed by atoms with van der Waals surface area (Å²) in [5, 5.41) is 15.9. The largest absolute Gasteiger partial charge is 0.493 e. The van der Waals surface area contributed by atoms with Gasteiger partial charge in [0.25, 0.3) is 0 Å². The second kappa shape index (κ2) is 11.3. The molecule has 0 bridgehead atoms. The standard InChI is InChI=1S/C25H25N3O5/c1-3-19-8-4-5-10-21(19)27-25(31)28-26-15-17-11-12-22(23(14-17)32-2)33-16-18-7-6-9-20(13-18)24(29)30/h4-15H,3,16H2,1-2H3,(H,29,30)(H2,27,28,31)/b26-15+. The molecular formula is C25H25N3O5. The number of benzene rings is 3. The third-order valence-electron chi connectivity index (χ3n) is 4.78. The molecule has 8 heteroatoms. The van der Waals surface area contributed by atoms with Crippen LogP contribution >= 0.6 is 0 Å². The summed E-state index contributed by atoms with van der Waals surface area (Å²) >= 11 is 0. The Kier molecular flexibility index (Phi) is 8.02. The number of methoxy groups -OCH3 is 1. The summed E-state index contributed by atoms with van der Waals surface area (Å²) in [6.07, 6.45) is 2.30. The van der Waals surface area contributed by atoms with Crippen LogP contribution in [0, 0.1) is 0 Å². The molecule has 0 saturated heterocycles. The number of nitrogens with one attached hydrogen (secondary N) is 2. The fourth-order valence-corrected chi connectivity index (χ4v) is 3.11. The first-order chi connectivity index (χ1) is 16.0. The van der Waals surface area contributed by atoms with Gasteiger partial charge in [0.1, 0.15) is 6.61 Å². The molecule has 3 aromatic carbocycles. The predicted octanol–water partition coefficient (Wildman–Crippen LogP) is 4.69. The number of aryl methyl sites for hydroxylation is 1. The first kappa shape index (κ1) is 23.3. The Hall–Kier alpha value is -4.33. The van der Waals surface area contributed by atoms with Gasteiger partial charge in [0.2, 0.25) is 0 Å². The maximum atomic E-state index is 12.1. The number of para-hydroxylation sites is 1. The van der Waals surface area contributed by atoms with Crippen LogP contribution in [0.3, 0.4) is 0 Å². The van der Waals surface area contributed by atoms with Crippen LogP contribution in [0.2, 0.25) is 0 Å². The van der Waals surface area contributed by atoms with Gasteiger partial charge < -0.3 is 19.9 Å². The van der Waals surface area contributed by atoms with E-state index in [-0.39, 0.29) is 12.2 Å². The number of ether oxygens (including phenoxy) is 2. The van der Waals surface area contributed by atoms with Crippen LogP contribution in [0.15, 0.2) is 71.8 Å². The Balaban J connectivity index is 1.59. The summed E-state index contributed by atoms with van der Waals surface area (Å²) in [7, 11) is 1.52. The van der Waals surface area contributed by atoms with Gasteiger partial charge in [-0.15, -0.1) is 0 Å². The molecule has 3 aromatic rings. The number of carbonyl (C=O) groups is 2. The Morgan fingerprint density at radius 1 is 1.03 bits per heavy atom. The van der Waals surface area contributed by atoms with E-state index in [9.17, 15) is 9.59 Å². The third-order valence-corrected chi connectivity index (χ3v) is 4.78. The van der Waals surface area contributed by atoms with Crippen LogP contribution in [-0.4, -0.2) is 30.4 Å². The van der Waals surface area contributed by atoms with Gasteiger partial charge in [-0.05, 0) is 59.5 Å². The number of carbonyl (C=O) groups excluding carboxylic acids is 1. The zero-order valence-electron chi connectivity index (χ0n) is 18.4. The summed E-state index contributed by atoms with van der Waals surface area (Å²) in [4.78, 5) is 23.2. The number of amides is 2. The van der Waals surface area contributed by atoms with Gasteiger partial charge >= 0.3 is 12.0 Å². The highest BCUT2D eigenvalue weighted by Crippen LogP contribution is 2.28. The van der Waals surface area contributed by atoms with E-state index in [4.69, 9.17) is 14.6 Å². The number of urea groups is 1. The lowest BCUT2D eigenvalue weighted by atomic mass is 10.1. The summed E-state index contributed by atoms with van der Waals surface area (Å²) in [6, 6.07) is 18.9. The Morgan fingerprint density at radius 3 is 2.61 bits per heavy atom. The normalized spacial score (nSPS) is 10.6. The van der Waals surface area contributed by atoms with Crippen LogP contribution in [0.4, 0.5) is 10.5 Å². The highest BCUT2D eigenvalue weighted by Gasteiger charge is 2.08. The molecule has 0 saturated carbocycles. The molecule has 8 nitrogen and oxygen atoms in total. The number of carboxylic acids is 1. The van der Waals surface area contributed by atoms with Gasteiger partial charge in [-0.1, -0.05) is 37.3 Å². The number of rotatable bonds is 9. The van der Waals surface area contributed by atoms with Crippen molar-refractivity contribution in [3.05, 3.63) is 89.0 Å². The SMILES string of the molecule is CCc1ccccc1NC(=O)N/N=C/c1ccc(OCc2cccc(C(=O)O)c2)c(OC)c1. The zero-order valence-corrected chi connectivity index (χ0v) is 18.4. The summed E-state index contributed by atoms with van der Waals surface area (Å²) < 4.78 is 11.2. The monoisotopic (exact) mass is 447 g/mol. The van der Waals surface area contributed by atoms with Gasteiger partial charge in [0, 0.05) is 5.69 Å². The van der Waals surface area contributed by atoms with E-state index in [1.807, 2.05) is 31.2 Å². The average Bonchev–Trinajstić information content (AvgIpc) is 2.83. The second-order valence-electron chi connectivity index (χ2n) is 7.04. The molecular weight excluding hydrogens is 422 g/mol. The fourth-order valence-electron chi connectivity index (χ4n) is 3.11. The topological polar surface area (TPSA) is 109 Å². The lowest BCUT2D eigenvalue weighted by molar-refractivity contribution is 0.0696. The van der Waals surface area contributed by atoms with E-state index in [1.54, 1.807) is 36.4 Å². The second-order valence-corrected chi connectivity index (χ2v) is 7.04. The van der Waals surface area contributed by atoms with E-state index in [1.165, 1.54) is 19.4 Å². The van der Waals surface area contributed by atoms with E-state index >= 15 is 0 Å². The van der Waals surface area contributed by atoms with E-state index in [0.29, 0.717) is 17.1 Å². The average molecular weight is 447 g/mol. The minimum absolute atomic E-state index is 0.186. The van der Waals surface area contributed by atoms with Crippen molar-refractivity contribution in [2.75, 3.05) is 12.4 Å². The van der Waals surface area contributed by atoms with Gasteiger partial charge in [-0.25, -0.2) is 15.0 Å². The van der Waals surface area contributed by atoms with Crippen LogP contribution < -0.4 is 20.2 Å². The lowest BCUT2D eigenvalue weighted by Crippen LogP contribution is -2.24. The predicted molar refractivity (Wildman–Crippen MR) is 126 cm³/mol. The smallest absolute Gasteiger partial charge is 0.339 e. The van der Waals surface area contributed by atoms with Gasteiger partial charge in [0.05, 0.1) is 18.9 Å². The molecule has 0 radical (unpaired) electrons. The van der Waals surface area contributed by atoms with Gasteiger partial charge in [-0.3, -0.25) is 0 Å². The molecule has 0 heterocycles. The first-order valence-electron chi connectivity index (χ1n) is 10.3. The molecule has 3 N–H and O–H groups in total. The number of hydrazone groups is 1. The Morgan fingerprint density at radius 2 is 1.85 bits per heavy atom. The maximum Gasteiger partial charge on any atom is 0.339 e. The Bertz CT molecular complexity index is 1160. The first-order valence-corrected chi connectivity index (χ1v) is 10.3. The van der Waals surface area contributed by atoms with Crippen LogP contribution in [-0.2, 0) is 13.0 Å².